The first kappa shape index (κ1) is 20.3. The van der Waals surface area contributed by atoms with Crippen molar-refractivity contribution in [2.24, 2.45) is 0 Å². The van der Waals surface area contributed by atoms with Gasteiger partial charge in [0.1, 0.15) is 11.5 Å². The van der Waals surface area contributed by atoms with Crippen molar-refractivity contribution >= 4 is 40.6 Å². The van der Waals surface area contributed by atoms with Gasteiger partial charge >= 0.3 is 5.91 Å². The van der Waals surface area contributed by atoms with Gasteiger partial charge in [0.2, 0.25) is 0 Å². The lowest BCUT2D eigenvalue weighted by molar-refractivity contribution is -0.384. The summed E-state index contributed by atoms with van der Waals surface area (Å²) in [5, 5.41) is 26.5. The monoisotopic (exact) mass is 439 g/mol. The summed E-state index contributed by atoms with van der Waals surface area (Å²) >= 11 is 5.90. The maximum atomic E-state index is 13.0. The number of hydrogen-bond donors (Lipinski definition) is 1. The Hall–Kier alpha value is -3.98. The van der Waals surface area contributed by atoms with Gasteiger partial charge in [-0.15, -0.1) is 0 Å². The van der Waals surface area contributed by atoms with Gasteiger partial charge in [0.15, 0.2) is 5.82 Å². The van der Waals surface area contributed by atoms with E-state index in [4.69, 9.17) is 16.1 Å². The molecule has 1 aromatic heterocycles. The largest absolute Gasteiger partial charge is 0.507 e. The molecule has 156 valence electrons. The van der Waals surface area contributed by atoms with E-state index in [9.17, 15) is 24.8 Å². The molecule has 2 aromatic carbocycles. The Kier molecular flexibility index (Phi) is 5.04. The number of ketones is 1. The van der Waals surface area contributed by atoms with Gasteiger partial charge in [-0.2, -0.15) is 0 Å². The van der Waals surface area contributed by atoms with Crippen molar-refractivity contribution in [3.05, 3.63) is 92.2 Å². The molecule has 31 heavy (non-hydrogen) atoms. The van der Waals surface area contributed by atoms with E-state index < -0.39 is 28.4 Å². The quantitative estimate of drug-likeness (QED) is 0.212. The van der Waals surface area contributed by atoms with Gasteiger partial charge in [-0.25, -0.2) is 0 Å². The van der Waals surface area contributed by atoms with Crippen molar-refractivity contribution in [1.82, 2.24) is 5.16 Å². The zero-order valence-corrected chi connectivity index (χ0v) is 16.7. The topological polar surface area (TPSA) is 127 Å². The molecule has 10 heteroatoms. The standard InChI is InChI=1S/C21H14ClN3O6/c1-11-9-16(23-31-11)24-18(13-3-2-4-15(10-13)25(29)30)17(20(27)21(24)28)19(26)12-5-7-14(22)8-6-12/h2-10,18,26H,1H3/t18-/m0/s1. The number of aliphatic hydroxyl groups excluding tert-OH is 1. The first-order valence-corrected chi connectivity index (χ1v) is 9.40. The minimum absolute atomic E-state index is 0.0475. The zero-order chi connectivity index (χ0) is 22.3. The number of aliphatic hydroxyl groups is 1. The normalized spacial score (nSPS) is 17.9. The predicted octanol–water partition coefficient (Wildman–Crippen LogP) is 4.17. The zero-order valence-electron chi connectivity index (χ0n) is 16.0. The number of halogens is 1. The third-order valence-corrected chi connectivity index (χ3v) is 5.07. The van der Waals surface area contributed by atoms with Crippen molar-refractivity contribution < 1.29 is 24.1 Å². The lowest BCUT2D eigenvalue weighted by Crippen LogP contribution is -2.29. The number of aromatic nitrogens is 1. The van der Waals surface area contributed by atoms with Crippen molar-refractivity contribution in [2.45, 2.75) is 13.0 Å². The Balaban J connectivity index is 1.96. The molecule has 1 N–H and O–H groups in total. The van der Waals surface area contributed by atoms with Gasteiger partial charge < -0.3 is 9.63 Å². The van der Waals surface area contributed by atoms with Crippen molar-refractivity contribution in [3.63, 3.8) is 0 Å². The van der Waals surface area contributed by atoms with Crippen LogP contribution in [0.1, 0.15) is 22.9 Å². The molecule has 0 radical (unpaired) electrons. The van der Waals surface area contributed by atoms with Gasteiger partial charge in [-0.3, -0.25) is 24.6 Å². The Morgan fingerprint density at radius 2 is 1.90 bits per heavy atom. The molecule has 4 rings (SSSR count). The van der Waals surface area contributed by atoms with Crippen LogP contribution in [0.4, 0.5) is 11.5 Å². The lowest BCUT2D eigenvalue weighted by Gasteiger charge is -2.22. The van der Waals surface area contributed by atoms with Crippen LogP contribution in [0, 0.1) is 17.0 Å². The van der Waals surface area contributed by atoms with Crippen LogP contribution in [-0.4, -0.2) is 26.9 Å². The summed E-state index contributed by atoms with van der Waals surface area (Å²) in [5.74, 6) is -1.89. The molecule has 0 bridgehead atoms. The highest BCUT2D eigenvalue weighted by molar-refractivity contribution is 6.51. The number of nitro groups is 1. The highest BCUT2D eigenvalue weighted by atomic mass is 35.5. The second-order valence-electron chi connectivity index (χ2n) is 6.82. The SMILES string of the molecule is Cc1cc(N2C(=O)C(=O)C(=C(O)c3ccc(Cl)cc3)[C@@H]2c2cccc([N+](=O)[O-])c2)no1. The van der Waals surface area contributed by atoms with Crippen LogP contribution in [0.15, 0.2) is 64.7 Å². The van der Waals surface area contributed by atoms with Crippen LogP contribution in [0.3, 0.4) is 0 Å². The summed E-state index contributed by atoms with van der Waals surface area (Å²) in [5.41, 5.74) is 0.0538. The Morgan fingerprint density at radius 3 is 2.52 bits per heavy atom. The minimum Gasteiger partial charge on any atom is -0.507 e. The average Bonchev–Trinajstić information content (AvgIpc) is 3.29. The van der Waals surface area contributed by atoms with Crippen LogP contribution in [0.2, 0.25) is 5.02 Å². The molecule has 0 saturated carbocycles. The molecule has 3 aromatic rings. The van der Waals surface area contributed by atoms with E-state index in [0.29, 0.717) is 10.8 Å². The number of aryl methyl sites for hydroxylation is 1. The van der Waals surface area contributed by atoms with E-state index >= 15 is 0 Å². The predicted molar refractivity (Wildman–Crippen MR) is 111 cm³/mol. The van der Waals surface area contributed by atoms with E-state index in [2.05, 4.69) is 5.16 Å². The van der Waals surface area contributed by atoms with Crippen molar-refractivity contribution in [3.8, 4) is 0 Å². The number of carbonyl (C=O) groups is 2. The fraction of sp³-hybridized carbons (Fsp3) is 0.0952. The number of rotatable bonds is 4. The molecule has 0 aliphatic carbocycles. The number of amides is 1. The summed E-state index contributed by atoms with van der Waals surface area (Å²) in [6.45, 7) is 1.61. The second-order valence-corrected chi connectivity index (χ2v) is 7.26. The molecule has 1 saturated heterocycles. The third-order valence-electron chi connectivity index (χ3n) is 4.82. The molecule has 0 spiro atoms. The Labute approximate surface area is 180 Å². The molecule has 0 unspecified atom stereocenters. The number of nitro benzene ring substituents is 1. The molecule has 9 nitrogen and oxygen atoms in total. The Morgan fingerprint density at radius 1 is 1.19 bits per heavy atom. The summed E-state index contributed by atoms with van der Waals surface area (Å²) in [7, 11) is 0. The number of carbonyl (C=O) groups excluding carboxylic acids is 2. The van der Waals surface area contributed by atoms with Gasteiger partial charge in [-0.05, 0) is 36.8 Å². The van der Waals surface area contributed by atoms with E-state index in [1.54, 1.807) is 6.92 Å². The molecule has 1 aliphatic rings. The molecular formula is C21H14ClN3O6. The van der Waals surface area contributed by atoms with E-state index in [0.717, 1.165) is 4.90 Å². The van der Waals surface area contributed by atoms with Crippen LogP contribution in [0.25, 0.3) is 5.76 Å². The van der Waals surface area contributed by atoms with Crippen LogP contribution in [0.5, 0.6) is 0 Å². The average molecular weight is 440 g/mol. The van der Waals surface area contributed by atoms with E-state index in [-0.39, 0.29) is 28.2 Å². The van der Waals surface area contributed by atoms with Gasteiger partial charge in [0.05, 0.1) is 16.5 Å². The maximum absolute atomic E-state index is 13.0. The number of non-ortho nitro benzene ring substituents is 1. The molecule has 1 aliphatic heterocycles. The lowest BCUT2D eigenvalue weighted by atomic mass is 9.95. The number of nitrogens with zero attached hydrogens (tertiary/aromatic N) is 3. The minimum atomic E-state index is -1.15. The Bertz CT molecular complexity index is 1250. The summed E-state index contributed by atoms with van der Waals surface area (Å²) in [6, 6.07) is 11.8. The van der Waals surface area contributed by atoms with Crippen LogP contribution >= 0.6 is 11.6 Å². The summed E-state index contributed by atoms with van der Waals surface area (Å²) in [6.07, 6.45) is 0. The number of hydrogen-bond acceptors (Lipinski definition) is 7. The first-order chi connectivity index (χ1) is 14.8. The molecule has 1 amide bonds. The summed E-state index contributed by atoms with van der Waals surface area (Å²) in [4.78, 5) is 37.6. The van der Waals surface area contributed by atoms with E-state index in [1.807, 2.05) is 0 Å². The molecule has 1 fully saturated rings. The van der Waals surface area contributed by atoms with Gasteiger partial charge in [0, 0.05) is 28.8 Å². The van der Waals surface area contributed by atoms with Crippen LogP contribution < -0.4 is 4.90 Å². The molecular weight excluding hydrogens is 426 g/mol. The van der Waals surface area contributed by atoms with E-state index in [1.165, 1.54) is 54.6 Å². The summed E-state index contributed by atoms with van der Waals surface area (Å²) < 4.78 is 5.04. The first-order valence-electron chi connectivity index (χ1n) is 9.02. The fourth-order valence-corrected chi connectivity index (χ4v) is 3.55. The van der Waals surface area contributed by atoms with Gasteiger partial charge in [0.25, 0.3) is 11.5 Å². The molecule has 2 heterocycles. The fourth-order valence-electron chi connectivity index (χ4n) is 3.42. The number of benzene rings is 2. The highest BCUT2D eigenvalue weighted by Gasteiger charge is 2.48. The number of anilines is 1. The highest BCUT2D eigenvalue weighted by Crippen LogP contribution is 2.42. The molecule has 1 atom stereocenters. The smallest absolute Gasteiger partial charge is 0.301 e. The van der Waals surface area contributed by atoms with Crippen molar-refractivity contribution in [2.75, 3.05) is 4.90 Å². The maximum Gasteiger partial charge on any atom is 0.301 e. The van der Waals surface area contributed by atoms with Crippen LogP contribution in [-0.2, 0) is 9.59 Å². The van der Waals surface area contributed by atoms with Crippen molar-refractivity contribution in [1.29, 1.82) is 0 Å². The van der Waals surface area contributed by atoms with Gasteiger partial charge in [-0.1, -0.05) is 28.9 Å². The third kappa shape index (κ3) is 3.55. The second kappa shape index (κ2) is 7.69. The number of Topliss-reactive ketones (excluding diaryl/α,β-unsaturated/α-hetero) is 1.